The van der Waals surface area contributed by atoms with E-state index in [1.165, 1.54) is 11.1 Å². The van der Waals surface area contributed by atoms with E-state index in [0.29, 0.717) is 35.9 Å². The highest BCUT2D eigenvalue weighted by Gasteiger charge is 2.21. The molecule has 4 aromatic rings. The van der Waals surface area contributed by atoms with Crippen molar-refractivity contribution in [3.63, 3.8) is 0 Å². The number of anilines is 2. The SMILES string of the molecule is C=CCn1c(=O)c2cnc(Nc3ccc4c(c3)CCN(CCO)C4)nc2n1-c1cccc(C(C)(C)C)n1. The first-order chi connectivity index (χ1) is 17.8. The lowest BCUT2D eigenvalue weighted by Crippen LogP contribution is -2.32. The molecule has 0 saturated heterocycles. The van der Waals surface area contributed by atoms with Crippen LogP contribution in [0.15, 0.2) is 60.0 Å². The summed E-state index contributed by atoms with van der Waals surface area (Å²) in [7, 11) is 0. The molecule has 37 heavy (non-hydrogen) atoms. The Balaban J connectivity index is 1.54. The van der Waals surface area contributed by atoms with E-state index in [-0.39, 0.29) is 17.6 Å². The molecule has 1 aliphatic rings. The zero-order valence-corrected chi connectivity index (χ0v) is 21.6. The molecule has 9 nitrogen and oxygen atoms in total. The van der Waals surface area contributed by atoms with Crippen molar-refractivity contribution < 1.29 is 5.11 Å². The highest BCUT2D eigenvalue weighted by molar-refractivity contribution is 5.77. The van der Waals surface area contributed by atoms with Crippen molar-refractivity contribution in [3.8, 4) is 5.82 Å². The number of benzene rings is 1. The minimum atomic E-state index is -0.189. The minimum absolute atomic E-state index is 0.147. The van der Waals surface area contributed by atoms with E-state index >= 15 is 0 Å². The third-order valence-corrected chi connectivity index (χ3v) is 6.67. The fourth-order valence-electron chi connectivity index (χ4n) is 4.72. The van der Waals surface area contributed by atoms with E-state index in [2.05, 4.69) is 54.7 Å². The van der Waals surface area contributed by atoms with Gasteiger partial charge >= 0.3 is 0 Å². The van der Waals surface area contributed by atoms with Gasteiger partial charge in [-0.1, -0.05) is 39.0 Å². The number of nitrogens with zero attached hydrogens (tertiary/aromatic N) is 6. The average molecular weight is 500 g/mol. The standard InChI is InChI=1S/C28H33N7O2/c1-5-12-34-26(37)22-17-29-27(30-21-10-9-20-18-33(14-15-36)13-11-19(20)16-21)32-25(22)35(34)24-8-6-7-23(31-24)28(2,3)4/h5-10,16-17,36H,1,11-15,18H2,2-4H3,(H,29,30,32). The van der Waals surface area contributed by atoms with Crippen molar-refractivity contribution in [3.05, 3.63) is 82.4 Å². The Morgan fingerprint density at radius 1 is 1.16 bits per heavy atom. The maximum absolute atomic E-state index is 13.2. The topological polar surface area (TPSA) is 101 Å². The van der Waals surface area contributed by atoms with Crippen LogP contribution in [0.5, 0.6) is 0 Å². The minimum Gasteiger partial charge on any atom is -0.395 e. The number of aliphatic hydroxyl groups is 1. The summed E-state index contributed by atoms with van der Waals surface area (Å²) in [5.41, 5.74) is 4.50. The molecule has 1 aromatic carbocycles. The van der Waals surface area contributed by atoms with Crippen molar-refractivity contribution in [2.75, 3.05) is 25.0 Å². The number of rotatable bonds is 7. The summed E-state index contributed by atoms with van der Waals surface area (Å²) in [6.07, 6.45) is 4.18. The second-order valence-electron chi connectivity index (χ2n) is 10.4. The number of pyridine rings is 1. The number of fused-ring (bicyclic) bond motifs is 2. The van der Waals surface area contributed by atoms with Gasteiger partial charge in [-0.05, 0) is 41.8 Å². The average Bonchev–Trinajstić information content (AvgIpc) is 3.15. The van der Waals surface area contributed by atoms with Gasteiger partial charge in [0, 0.05) is 42.6 Å². The lowest BCUT2D eigenvalue weighted by atomic mass is 9.92. The molecular weight excluding hydrogens is 466 g/mol. The summed E-state index contributed by atoms with van der Waals surface area (Å²) in [6, 6.07) is 12.1. The van der Waals surface area contributed by atoms with E-state index < -0.39 is 0 Å². The molecule has 0 saturated carbocycles. The number of allylic oxidation sites excluding steroid dienone is 1. The van der Waals surface area contributed by atoms with Gasteiger partial charge in [-0.2, -0.15) is 4.98 Å². The van der Waals surface area contributed by atoms with E-state index in [1.807, 2.05) is 24.3 Å². The molecule has 0 fully saturated rings. The molecule has 0 radical (unpaired) electrons. The van der Waals surface area contributed by atoms with Crippen molar-refractivity contribution >= 4 is 22.7 Å². The van der Waals surface area contributed by atoms with Crippen LogP contribution >= 0.6 is 0 Å². The van der Waals surface area contributed by atoms with E-state index in [9.17, 15) is 9.90 Å². The molecule has 3 aromatic heterocycles. The number of aromatic nitrogens is 5. The van der Waals surface area contributed by atoms with Crippen LogP contribution in [0, 0.1) is 0 Å². The van der Waals surface area contributed by atoms with Gasteiger partial charge in [0.05, 0.1) is 13.2 Å². The van der Waals surface area contributed by atoms with Crippen LogP contribution in [-0.4, -0.2) is 54.0 Å². The van der Waals surface area contributed by atoms with Crippen LogP contribution in [0.3, 0.4) is 0 Å². The molecule has 192 valence electrons. The molecule has 0 bridgehead atoms. The Kier molecular flexibility index (Phi) is 6.66. The Morgan fingerprint density at radius 2 is 2.00 bits per heavy atom. The summed E-state index contributed by atoms with van der Waals surface area (Å²) >= 11 is 0. The number of nitrogens with one attached hydrogen (secondary N) is 1. The van der Waals surface area contributed by atoms with E-state index in [0.717, 1.165) is 30.9 Å². The molecule has 0 atom stereocenters. The first-order valence-electron chi connectivity index (χ1n) is 12.6. The van der Waals surface area contributed by atoms with E-state index in [1.54, 1.807) is 21.6 Å². The van der Waals surface area contributed by atoms with Crippen molar-refractivity contribution in [1.82, 2.24) is 29.2 Å². The van der Waals surface area contributed by atoms with E-state index in [4.69, 9.17) is 9.97 Å². The first-order valence-corrected chi connectivity index (χ1v) is 12.6. The summed E-state index contributed by atoms with van der Waals surface area (Å²) in [5, 5.41) is 13.0. The Morgan fingerprint density at radius 3 is 2.76 bits per heavy atom. The molecule has 0 amide bonds. The number of β-amino-alcohol motifs (C(OH)–C–C–N with tert-alkyl or cyclic N) is 1. The largest absolute Gasteiger partial charge is 0.395 e. The maximum atomic E-state index is 13.2. The smallest absolute Gasteiger partial charge is 0.278 e. The summed E-state index contributed by atoms with van der Waals surface area (Å²) in [5.74, 6) is 1.02. The molecule has 1 aliphatic heterocycles. The van der Waals surface area contributed by atoms with Gasteiger partial charge in [-0.25, -0.2) is 19.3 Å². The Labute approximate surface area is 216 Å². The lowest BCUT2D eigenvalue weighted by molar-refractivity contribution is 0.184. The zero-order valence-electron chi connectivity index (χ0n) is 21.6. The van der Waals surface area contributed by atoms with Crippen molar-refractivity contribution in [2.45, 2.75) is 45.7 Å². The van der Waals surface area contributed by atoms with Crippen molar-refractivity contribution in [1.29, 1.82) is 0 Å². The van der Waals surface area contributed by atoms with Gasteiger partial charge in [-0.15, -0.1) is 6.58 Å². The maximum Gasteiger partial charge on any atom is 0.278 e. The fourth-order valence-corrected chi connectivity index (χ4v) is 4.72. The zero-order chi connectivity index (χ0) is 26.2. The van der Waals surface area contributed by atoms with Crippen LogP contribution in [0.1, 0.15) is 37.6 Å². The summed E-state index contributed by atoms with van der Waals surface area (Å²) in [6.45, 7) is 13.1. The number of hydrogen-bond donors (Lipinski definition) is 2. The van der Waals surface area contributed by atoms with Gasteiger partial charge in [0.2, 0.25) is 5.95 Å². The second-order valence-corrected chi connectivity index (χ2v) is 10.4. The highest BCUT2D eigenvalue weighted by Crippen LogP contribution is 2.25. The normalized spacial score (nSPS) is 14.1. The molecule has 9 heteroatoms. The molecule has 5 rings (SSSR count). The lowest BCUT2D eigenvalue weighted by Gasteiger charge is -2.28. The predicted molar refractivity (Wildman–Crippen MR) is 146 cm³/mol. The van der Waals surface area contributed by atoms with Crippen LogP contribution < -0.4 is 10.9 Å². The van der Waals surface area contributed by atoms with Gasteiger partial charge in [-0.3, -0.25) is 9.69 Å². The first kappa shape index (κ1) is 24.9. The van der Waals surface area contributed by atoms with Gasteiger partial charge in [0.15, 0.2) is 11.5 Å². The van der Waals surface area contributed by atoms with Crippen molar-refractivity contribution in [2.24, 2.45) is 0 Å². The van der Waals surface area contributed by atoms with Crippen LogP contribution in [0.2, 0.25) is 0 Å². The van der Waals surface area contributed by atoms with Gasteiger partial charge < -0.3 is 10.4 Å². The molecule has 0 unspecified atom stereocenters. The summed E-state index contributed by atoms with van der Waals surface area (Å²) in [4.78, 5) is 29.6. The Bertz CT molecular complexity index is 1510. The van der Waals surface area contributed by atoms with Gasteiger partial charge in [0.1, 0.15) is 5.39 Å². The van der Waals surface area contributed by atoms with Crippen LogP contribution in [-0.2, 0) is 24.9 Å². The quantitative estimate of drug-likeness (QED) is 0.375. The second kappa shape index (κ2) is 9.91. The number of aliphatic hydroxyl groups excluding tert-OH is 1. The number of hydrogen-bond acceptors (Lipinski definition) is 7. The highest BCUT2D eigenvalue weighted by atomic mass is 16.3. The molecule has 2 N–H and O–H groups in total. The summed E-state index contributed by atoms with van der Waals surface area (Å²) < 4.78 is 3.34. The van der Waals surface area contributed by atoms with Gasteiger partial charge in [0.25, 0.3) is 5.56 Å². The van der Waals surface area contributed by atoms with Crippen LogP contribution in [0.4, 0.5) is 11.6 Å². The molecule has 0 spiro atoms. The predicted octanol–water partition coefficient (Wildman–Crippen LogP) is 3.55. The fraction of sp³-hybridized carbons (Fsp3) is 0.357. The van der Waals surface area contributed by atoms with Crippen LogP contribution in [0.25, 0.3) is 16.9 Å². The third-order valence-electron chi connectivity index (χ3n) is 6.67. The molecule has 0 aliphatic carbocycles. The monoisotopic (exact) mass is 499 g/mol. The molecule has 4 heterocycles. The third kappa shape index (κ3) is 4.92. The Hall–Kier alpha value is -3.82. The molecular formula is C28H33N7O2.